The molecule has 10 heteroatoms. The molecule has 35 heavy (non-hydrogen) atoms. The molecule has 2 amide bonds. The lowest BCUT2D eigenvalue weighted by atomic mass is 10.0. The maximum atomic E-state index is 14.7. The molecule has 5 N–H and O–H groups in total. The summed E-state index contributed by atoms with van der Waals surface area (Å²) < 4.78 is 19.8. The molecule has 1 fully saturated rings. The predicted octanol–water partition coefficient (Wildman–Crippen LogP) is 3.55. The summed E-state index contributed by atoms with van der Waals surface area (Å²) in [6.45, 7) is 0.949. The van der Waals surface area contributed by atoms with Crippen molar-refractivity contribution in [2.45, 2.75) is 10.9 Å². The van der Waals surface area contributed by atoms with Crippen LogP contribution in [0.3, 0.4) is 0 Å². The Kier molecular flexibility index (Phi) is 7.33. The van der Waals surface area contributed by atoms with E-state index in [0.29, 0.717) is 40.7 Å². The van der Waals surface area contributed by atoms with Crippen LogP contribution in [0.4, 0.5) is 21.5 Å². The molecule has 0 aromatic heterocycles. The number of hydrogen-bond acceptors (Lipinski definition) is 6. The second-order valence-electron chi connectivity index (χ2n) is 7.88. The van der Waals surface area contributed by atoms with Crippen molar-refractivity contribution in [3.63, 3.8) is 0 Å². The van der Waals surface area contributed by atoms with Crippen molar-refractivity contribution >= 4 is 47.3 Å². The first-order valence-electron chi connectivity index (χ1n) is 10.8. The lowest BCUT2D eigenvalue weighted by Crippen LogP contribution is -2.41. The molecular weight excluding hydrogens is 469 g/mol. The van der Waals surface area contributed by atoms with E-state index in [9.17, 15) is 14.0 Å². The number of amidine groups is 1. The maximum Gasteiger partial charge on any atom is 0.253 e. The van der Waals surface area contributed by atoms with Gasteiger partial charge in [0, 0.05) is 39.6 Å². The smallest absolute Gasteiger partial charge is 0.253 e. The number of carbonyl (C=O) groups excluding carboxylic acids is 2. The molecule has 3 aromatic rings. The molecule has 180 valence electrons. The first kappa shape index (κ1) is 24.2. The Morgan fingerprint density at radius 2 is 1.83 bits per heavy atom. The van der Waals surface area contributed by atoms with Crippen molar-refractivity contribution in [1.29, 1.82) is 5.41 Å². The van der Waals surface area contributed by atoms with Gasteiger partial charge in [0.05, 0.1) is 6.61 Å². The van der Waals surface area contributed by atoms with Crippen LogP contribution in [0.5, 0.6) is 0 Å². The molecule has 0 bridgehead atoms. The molecule has 4 rings (SSSR count). The van der Waals surface area contributed by atoms with Crippen molar-refractivity contribution < 1.29 is 18.7 Å². The topological polar surface area (TPSA) is 121 Å². The Balaban J connectivity index is 1.57. The number of hydrogen-bond donors (Lipinski definition) is 5. The van der Waals surface area contributed by atoms with Gasteiger partial charge < -0.3 is 26.0 Å². The molecule has 0 radical (unpaired) electrons. The average molecular weight is 494 g/mol. The van der Waals surface area contributed by atoms with E-state index in [1.807, 2.05) is 0 Å². The van der Waals surface area contributed by atoms with Crippen LogP contribution in [0.15, 0.2) is 71.6 Å². The molecule has 1 aliphatic rings. The van der Waals surface area contributed by atoms with E-state index in [1.54, 1.807) is 59.5 Å². The number of benzene rings is 3. The number of nitrogens with two attached hydrogens (primary N) is 1. The Labute approximate surface area is 207 Å². The molecule has 8 nitrogen and oxygen atoms in total. The Morgan fingerprint density at radius 3 is 2.51 bits per heavy atom. The number of ether oxygens (including phenoxy) is 1. The van der Waals surface area contributed by atoms with Crippen LogP contribution in [0.25, 0.3) is 0 Å². The van der Waals surface area contributed by atoms with E-state index in [1.165, 1.54) is 12.1 Å². The SMILES string of the molecule is N=C(N)c1cc(NC(C(=O)Nc2ccc(N3CCOCC3=O)cc2)c2ccccc2F)ccc1S. The molecule has 0 spiro atoms. The van der Waals surface area contributed by atoms with Gasteiger partial charge in [0.15, 0.2) is 0 Å². The van der Waals surface area contributed by atoms with Gasteiger partial charge in [0.2, 0.25) is 0 Å². The van der Waals surface area contributed by atoms with Crippen molar-refractivity contribution in [2.24, 2.45) is 5.73 Å². The summed E-state index contributed by atoms with van der Waals surface area (Å²) in [7, 11) is 0. The number of morpholine rings is 1. The standard InChI is InChI=1S/C25H24FN5O3S/c26-20-4-2-1-3-18(20)23(29-16-7-10-21(35)19(13-16)24(27)28)25(33)30-15-5-8-17(9-6-15)31-11-12-34-14-22(31)32/h1-10,13,23,29,35H,11-12,14H2,(H3,27,28)(H,30,33). The predicted molar refractivity (Wildman–Crippen MR) is 136 cm³/mol. The van der Waals surface area contributed by atoms with Crippen LogP contribution in [0.1, 0.15) is 17.2 Å². The van der Waals surface area contributed by atoms with Gasteiger partial charge in [0.1, 0.15) is 24.3 Å². The van der Waals surface area contributed by atoms with Crippen molar-refractivity contribution in [3.05, 3.63) is 83.7 Å². The zero-order valence-electron chi connectivity index (χ0n) is 18.6. The highest BCUT2D eigenvalue weighted by molar-refractivity contribution is 7.80. The van der Waals surface area contributed by atoms with Crippen molar-refractivity contribution in [2.75, 3.05) is 35.3 Å². The number of nitrogens with one attached hydrogen (secondary N) is 3. The Bertz CT molecular complexity index is 1270. The van der Waals surface area contributed by atoms with Gasteiger partial charge in [-0.25, -0.2) is 4.39 Å². The van der Waals surface area contributed by atoms with Crippen molar-refractivity contribution in [3.8, 4) is 0 Å². The highest BCUT2D eigenvalue weighted by Crippen LogP contribution is 2.27. The first-order valence-corrected chi connectivity index (χ1v) is 11.3. The van der Waals surface area contributed by atoms with Crippen LogP contribution in [0.2, 0.25) is 0 Å². The summed E-state index contributed by atoms with van der Waals surface area (Å²) in [5.41, 5.74) is 7.81. The zero-order chi connectivity index (χ0) is 24.9. The van der Waals surface area contributed by atoms with Crippen LogP contribution >= 0.6 is 12.6 Å². The number of anilines is 3. The van der Waals surface area contributed by atoms with Crippen LogP contribution in [0, 0.1) is 11.2 Å². The van der Waals surface area contributed by atoms with E-state index in [4.69, 9.17) is 15.9 Å². The molecule has 1 atom stereocenters. The molecule has 3 aromatic carbocycles. The Morgan fingerprint density at radius 1 is 1.11 bits per heavy atom. The molecule has 1 unspecified atom stereocenters. The maximum absolute atomic E-state index is 14.7. The van der Waals surface area contributed by atoms with E-state index in [0.717, 1.165) is 0 Å². The fourth-order valence-corrected chi connectivity index (χ4v) is 3.99. The normalized spacial score (nSPS) is 14.3. The van der Waals surface area contributed by atoms with Crippen LogP contribution < -0.4 is 21.3 Å². The zero-order valence-corrected chi connectivity index (χ0v) is 19.5. The monoisotopic (exact) mass is 493 g/mol. The quantitative estimate of drug-likeness (QED) is 0.196. The molecule has 1 saturated heterocycles. The van der Waals surface area contributed by atoms with Crippen LogP contribution in [-0.2, 0) is 14.3 Å². The number of nitrogen functional groups attached to an aromatic ring is 1. The molecule has 1 heterocycles. The number of thiol groups is 1. The van der Waals surface area contributed by atoms with Crippen molar-refractivity contribution in [1.82, 2.24) is 0 Å². The molecule has 0 saturated carbocycles. The van der Waals surface area contributed by atoms with Gasteiger partial charge >= 0.3 is 0 Å². The second kappa shape index (κ2) is 10.6. The number of halogens is 1. The molecule has 1 aliphatic heterocycles. The van der Waals surface area contributed by atoms with Gasteiger partial charge in [-0.1, -0.05) is 18.2 Å². The number of nitrogens with zero attached hydrogens (tertiary/aromatic N) is 1. The van der Waals surface area contributed by atoms with E-state index in [-0.39, 0.29) is 23.9 Å². The average Bonchev–Trinajstić information content (AvgIpc) is 2.85. The van der Waals surface area contributed by atoms with Gasteiger partial charge in [0.25, 0.3) is 11.8 Å². The number of amides is 2. The van der Waals surface area contributed by atoms with Gasteiger partial charge in [-0.15, -0.1) is 12.6 Å². The third kappa shape index (κ3) is 5.61. The minimum atomic E-state index is -1.08. The third-order valence-corrected chi connectivity index (χ3v) is 5.90. The summed E-state index contributed by atoms with van der Waals surface area (Å²) in [5, 5.41) is 13.6. The van der Waals surface area contributed by atoms with Gasteiger partial charge in [-0.05, 0) is 48.5 Å². The third-order valence-electron chi connectivity index (χ3n) is 5.51. The molecular formula is C25H24FN5O3S. The largest absolute Gasteiger partial charge is 0.384 e. The highest BCUT2D eigenvalue weighted by atomic mass is 32.1. The first-order chi connectivity index (χ1) is 16.8. The lowest BCUT2D eigenvalue weighted by Gasteiger charge is -2.27. The number of carbonyl (C=O) groups is 2. The summed E-state index contributed by atoms with van der Waals surface area (Å²) >= 11 is 4.30. The highest BCUT2D eigenvalue weighted by Gasteiger charge is 2.25. The van der Waals surface area contributed by atoms with Gasteiger partial charge in [-0.2, -0.15) is 0 Å². The fraction of sp³-hybridized carbons (Fsp3) is 0.160. The van der Waals surface area contributed by atoms with E-state index < -0.39 is 17.8 Å². The minimum Gasteiger partial charge on any atom is -0.384 e. The van der Waals surface area contributed by atoms with E-state index >= 15 is 0 Å². The summed E-state index contributed by atoms with van der Waals surface area (Å²) in [6.07, 6.45) is 0. The summed E-state index contributed by atoms with van der Waals surface area (Å²) in [6, 6.07) is 16.6. The summed E-state index contributed by atoms with van der Waals surface area (Å²) in [5.74, 6) is -1.35. The van der Waals surface area contributed by atoms with Crippen LogP contribution in [-0.4, -0.2) is 37.4 Å². The lowest BCUT2D eigenvalue weighted by molar-refractivity contribution is -0.125. The minimum absolute atomic E-state index is 0.0357. The second-order valence-corrected chi connectivity index (χ2v) is 8.36. The van der Waals surface area contributed by atoms with Gasteiger partial charge in [-0.3, -0.25) is 15.0 Å². The van der Waals surface area contributed by atoms with E-state index in [2.05, 4.69) is 23.3 Å². The molecule has 0 aliphatic carbocycles. The number of rotatable bonds is 7. The summed E-state index contributed by atoms with van der Waals surface area (Å²) in [4.78, 5) is 27.5. The Hall–Kier alpha value is -3.89. The fourth-order valence-electron chi connectivity index (χ4n) is 3.73.